The van der Waals surface area contributed by atoms with E-state index < -0.39 is 0 Å². The summed E-state index contributed by atoms with van der Waals surface area (Å²) in [5.74, 6) is 1.53. The summed E-state index contributed by atoms with van der Waals surface area (Å²) in [6.07, 6.45) is 4.46. The van der Waals surface area contributed by atoms with Gasteiger partial charge >= 0.3 is 0 Å². The molecule has 2 rings (SSSR count). The molecule has 0 spiro atoms. The lowest BCUT2D eigenvalue weighted by Gasteiger charge is -2.16. The highest BCUT2D eigenvalue weighted by Crippen LogP contribution is 2.21. The average molecular weight is 210 g/mol. The predicted molar refractivity (Wildman–Crippen MR) is 59.7 cm³/mol. The smallest absolute Gasteiger partial charge is 0.191 e. The molecule has 4 nitrogen and oxygen atoms in total. The number of aromatic nitrogens is 2. The molecular weight excluding hydrogens is 196 g/mol. The summed E-state index contributed by atoms with van der Waals surface area (Å²) in [6.45, 7) is 2.18. The molecule has 2 heterocycles. The van der Waals surface area contributed by atoms with Crippen molar-refractivity contribution in [2.75, 3.05) is 30.0 Å². The predicted octanol–water partition coefficient (Wildman–Crippen LogP) is 1.38. The summed E-state index contributed by atoms with van der Waals surface area (Å²) in [7, 11) is 0. The first-order valence-electron chi connectivity index (χ1n) is 4.73. The first kappa shape index (κ1) is 9.58. The second-order valence-corrected chi connectivity index (χ2v) is 4.11. The van der Waals surface area contributed by atoms with E-state index in [-0.39, 0.29) is 0 Å². The molecule has 1 fully saturated rings. The highest BCUT2D eigenvalue weighted by molar-refractivity contribution is 7.98. The van der Waals surface area contributed by atoms with Gasteiger partial charge in [0, 0.05) is 19.2 Å². The number of anilines is 2. The maximum atomic E-state index is 5.71. The number of nitrogen functional groups attached to an aromatic ring is 1. The molecule has 0 saturated carbocycles. The molecule has 5 heteroatoms. The molecule has 0 atom stereocenters. The van der Waals surface area contributed by atoms with Crippen LogP contribution in [0.15, 0.2) is 11.2 Å². The van der Waals surface area contributed by atoms with Gasteiger partial charge in [0.2, 0.25) is 0 Å². The highest BCUT2D eigenvalue weighted by atomic mass is 32.2. The number of nitrogens with two attached hydrogens (primary N) is 1. The third-order valence-corrected chi connectivity index (χ3v) is 2.87. The highest BCUT2D eigenvalue weighted by Gasteiger charge is 2.14. The fourth-order valence-corrected chi connectivity index (χ4v) is 2.01. The molecule has 1 aromatic heterocycles. The molecule has 0 amide bonds. The molecule has 1 aliphatic rings. The van der Waals surface area contributed by atoms with Crippen LogP contribution in [-0.2, 0) is 0 Å². The third-order valence-electron chi connectivity index (χ3n) is 2.32. The summed E-state index contributed by atoms with van der Waals surface area (Å²) in [4.78, 5) is 10.8. The molecule has 1 aliphatic heterocycles. The third kappa shape index (κ3) is 1.92. The molecule has 0 radical (unpaired) electrons. The maximum absolute atomic E-state index is 5.71. The summed E-state index contributed by atoms with van der Waals surface area (Å²) in [6, 6.07) is 1.85. The SMILES string of the molecule is CSc1nc(N)cc(N2CCCC2)n1. The van der Waals surface area contributed by atoms with E-state index >= 15 is 0 Å². The van der Waals surface area contributed by atoms with E-state index in [1.54, 1.807) is 0 Å². The number of rotatable bonds is 2. The second kappa shape index (κ2) is 4.04. The molecule has 1 saturated heterocycles. The molecule has 0 aliphatic carbocycles. The molecule has 0 aromatic carbocycles. The maximum Gasteiger partial charge on any atom is 0.191 e. The number of nitrogens with zero attached hydrogens (tertiary/aromatic N) is 3. The van der Waals surface area contributed by atoms with E-state index in [1.165, 1.54) is 24.6 Å². The fraction of sp³-hybridized carbons (Fsp3) is 0.556. The molecule has 0 unspecified atom stereocenters. The van der Waals surface area contributed by atoms with E-state index in [9.17, 15) is 0 Å². The molecule has 76 valence electrons. The van der Waals surface area contributed by atoms with E-state index in [4.69, 9.17) is 5.73 Å². The van der Waals surface area contributed by atoms with E-state index in [0.717, 1.165) is 24.1 Å². The quantitative estimate of drug-likeness (QED) is 0.590. The van der Waals surface area contributed by atoms with Gasteiger partial charge in [-0.3, -0.25) is 0 Å². The van der Waals surface area contributed by atoms with Crippen molar-refractivity contribution in [3.63, 3.8) is 0 Å². The zero-order valence-corrected chi connectivity index (χ0v) is 9.05. The standard InChI is InChI=1S/C9H14N4S/c1-14-9-11-7(10)6-8(12-9)13-4-2-3-5-13/h6H,2-5H2,1H3,(H2,10,11,12). The minimum atomic E-state index is 0.561. The Morgan fingerprint density at radius 2 is 2.07 bits per heavy atom. The molecular formula is C9H14N4S. The first-order chi connectivity index (χ1) is 6.79. The van der Waals surface area contributed by atoms with Gasteiger partial charge in [-0.15, -0.1) is 0 Å². The van der Waals surface area contributed by atoms with Crippen molar-refractivity contribution in [3.05, 3.63) is 6.07 Å². The van der Waals surface area contributed by atoms with Crippen LogP contribution in [0.2, 0.25) is 0 Å². The second-order valence-electron chi connectivity index (χ2n) is 3.33. The van der Waals surface area contributed by atoms with Gasteiger partial charge < -0.3 is 10.6 Å². The van der Waals surface area contributed by atoms with Crippen molar-refractivity contribution in [2.24, 2.45) is 0 Å². The topological polar surface area (TPSA) is 55.0 Å². The van der Waals surface area contributed by atoms with Crippen LogP contribution in [0.1, 0.15) is 12.8 Å². The van der Waals surface area contributed by atoms with Gasteiger partial charge in [0.25, 0.3) is 0 Å². The number of hydrogen-bond donors (Lipinski definition) is 1. The van der Waals surface area contributed by atoms with Crippen molar-refractivity contribution in [1.29, 1.82) is 0 Å². The average Bonchev–Trinajstić information content (AvgIpc) is 2.69. The lowest BCUT2D eigenvalue weighted by molar-refractivity contribution is 0.883. The summed E-state index contributed by atoms with van der Waals surface area (Å²) in [5, 5.41) is 0.756. The Bertz CT molecular complexity index is 323. The van der Waals surface area contributed by atoms with Gasteiger partial charge in [-0.05, 0) is 19.1 Å². The van der Waals surface area contributed by atoms with Crippen molar-refractivity contribution in [2.45, 2.75) is 18.0 Å². The summed E-state index contributed by atoms with van der Waals surface area (Å²) in [5.41, 5.74) is 5.71. The Morgan fingerprint density at radius 1 is 1.36 bits per heavy atom. The van der Waals surface area contributed by atoms with Crippen LogP contribution in [0.3, 0.4) is 0 Å². The summed E-state index contributed by atoms with van der Waals surface area (Å²) >= 11 is 1.53. The van der Waals surface area contributed by atoms with Gasteiger partial charge in [-0.1, -0.05) is 11.8 Å². The van der Waals surface area contributed by atoms with Crippen LogP contribution < -0.4 is 10.6 Å². The zero-order valence-electron chi connectivity index (χ0n) is 8.23. The molecule has 1 aromatic rings. The molecule has 2 N–H and O–H groups in total. The molecule has 14 heavy (non-hydrogen) atoms. The van der Waals surface area contributed by atoms with Crippen LogP contribution in [0.4, 0.5) is 11.6 Å². The van der Waals surface area contributed by atoms with Crippen molar-refractivity contribution >= 4 is 23.4 Å². The van der Waals surface area contributed by atoms with Crippen LogP contribution in [-0.4, -0.2) is 29.3 Å². The largest absolute Gasteiger partial charge is 0.383 e. The van der Waals surface area contributed by atoms with Crippen LogP contribution >= 0.6 is 11.8 Å². The van der Waals surface area contributed by atoms with E-state index in [2.05, 4.69) is 14.9 Å². The van der Waals surface area contributed by atoms with E-state index in [1.807, 2.05) is 12.3 Å². The van der Waals surface area contributed by atoms with Crippen LogP contribution in [0.5, 0.6) is 0 Å². The first-order valence-corrected chi connectivity index (χ1v) is 5.95. The van der Waals surface area contributed by atoms with Crippen LogP contribution in [0, 0.1) is 0 Å². The Morgan fingerprint density at radius 3 is 2.71 bits per heavy atom. The minimum absolute atomic E-state index is 0.561. The van der Waals surface area contributed by atoms with Crippen molar-refractivity contribution in [3.8, 4) is 0 Å². The lowest BCUT2D eigenvalue weighted by atomic mass is 10.4. The van der Waals surface area contributed by atoms with Gasteiger partial charge in [0.05, 0.1) is 0 Å². The van der Waals surface area contributed by atoms with E-state index in [0.29, 0.717) is 5.82 Å². The van der Waals surface area contributed by atoms with Gasteiger partial charge in [0.15, 0.2) is 5.16 Å². The van der Waals surface area contributed by atoms with Crippen molar-refractivity contribution in [1.82, 2.24) is 9.97 Å². The zero-order chi connectivity index (χ0) is 9.97. The van der Waals surface area contributed by atoms with Crippen LogP contribution in [0.25, 0.3) is 0 Å². The monoisotopic (exact) mass is 210 g/mol. The Kier molecular flexibility index (Phi) is 2.77. The fourth-order valence-electron chi connectivity index (χ4n) is 1.63. The Balaban J connectivity index is 2.27. The summed E-state index contributed by atoms with van der Waals surface area (Å²) < 4.78 is 0. The number of hydrogen-bond acceptors (Lipinski definition) is 5. The van der Waals surface area contributed by atoms with Gasteiger partial charge in [-0.25, -0.2) is 9.97 Å². The van der Waals surface area contributed by atoms with Crippen molar-refractivity contribution < 1.29 is 0 Å². The van der Waals surface area contributed by atoms with Gasteiger partial charge in [-0.2, -0.15) is 0 Å². The number of thioether (sulfide) groups is 1. The lowest BCUT2D eigenvalue weighted by Crippen LogP contribution is -2.19. The minimum Gasteiger partial charge on any atom is -0.383 e. The van der Waals surface area contributed by atoms with Gasteiger partial charge in [0.1, 0.15) is 11.6 Å². The Labute approximate surface area is 87.9 Å². The normalized spacial score (nSPS) is 16.2. The Hall–Kier alpha value is -0.970. The molecule has 0 bridgehead atoms.